The van der Waals surface area contributed by atoms with Gasteiger partial charge in [0, 0.05) is 50.2 Å². The number of benzene rings is 2. The fourth-order valence-electron chi connectivity index (χ4n) is 3.28. The number of fused-ring (bicyclic) bond motifs is 1. The van der Waals surface area contributed by atoms with Gasteiger partial charge in [-0.2, -0.15) is 0 Å². The number of carbonyl (C=O) groups is 2. The Morgan fingerprint density at radius 1 is 1.11 bits per heavy atom. The third-order valence-electron chi connectivity index (χ3n) is 4.81. The smallest absolute Gasteiger partial charge is 0.231 e. The van der Waals surface area contributed by atoms with E-state index in [1.807, 2.05) is 43.3 Å². The number of rotatable bonds is 4. The average Bonchev–Trinajstić information content (AvgIpc) is 3.28. The minimum absolute atomic E-state index is 0.0431. The zero-order valence-corrected chi connectivity index (χ0v) is 15.3. The molecule has 1 atom stereocenters. The quantitative estimate of drug-likeness (QED) is 0.899. The maximum absolute atomic E-state index is 12.6. The fraction of sp³-hybridized carbons (Fsp3) is 0.300. The number of anilines is 3. The number of carbonyl (C=O) groups excluding carboxylic acids is 2. The second kappa shape index (κ2) is 6.83. The molecule has 2 aromatic carbocycles. The number of ether oxygens (including phenoxy) is 2. The Labute approximate surface area is 157 Å². The Bertz CT molecular complexity index is 879. The van der Waals surface area contributed by atoms with Crippen LogP contribution in [0.15, 0.2) is 42.5 Å². The Hall–Kier alpha value is -3.22. The average molecular weight is 367 g/mol. The number of nitrogens with zero attached hydrogens (tertiary/aromatic N) is 2. The van der Waals surface area contributed by atoms with Crippen molar-refractivity contribution in [3.8, 4) is 11.5 Å². The summed E-state index contributed by atoms with van der Waals surface area (Å²) >= 11 is 0. The van der Waals surface area contributed by atoms with E-state index in [2.05, 4.69) is 5.32 Å². The number of nitrogens with one attached hydrogen (secondary N) is 1. The fourth-order valence-corrected chi connectivity index (χ4v) is 3.28. The van der Waals surface area contributed by atoms with E-state index in [9.17, 15) is 9.59 Å². The molecule has 1 N–H and O–H groups in total. The topological polar surface area (TPSA) is 71.1 Å². The van der Waals surface area contributed by atoms with Crippen LogP contribution in [0.4, 0.5) is 17.1 Å². The van der Waals surface area contributed by atoms with Crippen LogP contribution in [-0.2, 0) is 9.59 Å². The first-order valence-corrected chi connectivity index (χ1v) is 8.79. The molecule has 7 heteroatoms. The summed E-state index contributed by atoms with van der Waals surface area (Å²) in [5.41, 5.74) is 2.50. The molecule has 0 aliphatic carbocycles. The highest BCUT2D eigenvalue weighted by molar-refractivity contribution is 6.03. The van der Waals surface area contributed by atoms with Crippen molar-refractivity contribution in [2.45, 2.75) is 6.42 Å². The zero-order valence-electron chi connectivity index (χ0n) is 15.3. The summed E-state index contributed by atoms with van der Waals surface area (Å²) < 4.78 is 10.6. The predicted octanol–water partition coefficient (Wildman–Crippen LogP) is 2.47. The van der Waals surface area contributed by atoms with E-state index in [0.717, 1.165) is 11.4 Å². The molecular formula is C20H21N3O4. The molecule has 4 rings (SSSR count). The van der Waals surface area contributed by atoms with Crippen molar-refractivity contribution in [2.24, 2.45) is 5.92 Å². The van der Waals surface area contributed by atoms with Crippen molar-refractivity contribution >= 4 is 28.9 Å². The van der Waals surface area contributed by atoms with Crippen LogP contribution in [0, 0.1) is 5.92 Å². The lowest BCUT2D eigenvalue weighted by Crippen LogP contribution is -2.28. The van der Waals surface area contributed by atoms with Gasteiger partial charge in [0.1, 0.15) is 0 Å². The van der Waals surface area contributed by atoms with Gasteiger partial charge in [0.25, 0.3) is 0 Å². The molecule has 1 unspecified atom stereocenters. The lowest BCUT2D eigenvalue weighted by Gasteiger charge is -2.19. The Balaban J connectivity index is 1.43. The van der Waals surface area contributed by atoms with Crippen LogP contribution in [0.1, 0.15) is 6.42 Å². The number of hydrogen-bond acceptors (Lipinski definition) is 5. The van der Waals surface area contributed by atoms with Gasteiger partial charge < -0.3 is 24.6 Å². The van der Waals surface area contributed by atoms with Gasteiger partial charge in [0.15, 0.2) is 11.5 Å². The summed E-state index contributed by atoms with van der Waals surface area (Å²) in [6, 6.07) is 13.0. The van der Waals surface area contributed by atoms with Crippen LogP contribution in [0.2, 0.25) is 0 Å². The standard InChI is InChI=1S/C20H21N3O4/c1-22(2)15-4-6-16(7-5-15)23-11-13(9-19(23)24)20(25)21-14-3-8-17-18(10-14)27-12-26-17/h3-8,10,13H,9,11-12H2,1-2H3,(H,21,25). The second-order valence-electron chi connectivity index (χ2n) is 6.87. The van der Waals surface area contributed by atoms with E-state index >= 15 is 0 Å². The first-order valence-electron chi connectivity index (χ1n) is 8.79. The summed E-state index contributed by atoms with van der Waals surface area (Å²) in [6.45, 7) is 0.558. The first kappa shape index (κ1) is 17.2. The van der Waals surface area contributed by atoms with Crippen LogP contribution >= 0.6 is 0 Å². The predicted molar refractivity (Wildman–Crippen MR) is 102 cm³/mol. The minimum atomic E-state index is -0.392. The molecule has 2 aliphatic rings. The van der Waals surface area contributed by atoms with E-state index in [1.54, 1.807) is 23.1 Å². The van der Waals surface area contributed by atoms with Gasteiger partial charge >= 0.3 is 0 Å². The summed E-state index contributed by atoms with van der Waals surface area (Å²) in [4.78, 5) is 28.7. The third kappa shape index (κ3) is 3.40. The molecule has 2 heterocycles. The lowest BCUT2D eigenvalue weighted by atomic mass is 10.1. The third-order valence-corrected chi connectivity index (χ3v) is 4.81. The molecule has 0 spiro atoms. The normalized spacial score (nSPS) is 17.9. The van der Waals surface area contributed by atoms with Crippen LogP contribution < -0.4 is 24.6 Å². The molecule has 0 bridgehead atoms. The molecule has 27 heavy (non-hydrogen) atoms. The van der Waals surface area contributed by atoms with Gasteiger partial charge in [0.2, 0.25) is 18.6 Å². The Kier molecular flexibility index (Phi) is 4.35. The largest absolute Gasteiger partial charge is 0.454 e. The number of amides is 2. The van der Waals surface area contributed by atoms with E-state index in [0.29, 0.717) is 23.7 Å². The minimum Gasteiger partial charge on any atom is -0.454 e. The summed E-state index contributed by atoms with van der Waals surface area (Å²) in [5, 5.41) is 2.87. The van der Waals surface area contributed by atoms with Crippen molar-refractivity contribution in [2.75, 3.05) is 42.5 Å². The molecule has 0 radical (unpaired) electrons. The van der Waals surface area contributed by atoms with E-state index in [1.165, 1.54) is 0 Å². The monoisotopic (exact) mass is 367 g/mol. The summed E-state index contributed by atoms with van der Waals surface area (Å²) in [7, 11) is 3.93. The SMILES string of the molecule is CN(C)c1ccc(N2CC(C(=O)Nc3ccc4c(c3)OCO4)CC2=O)cc1. The number of hydrogen-bond donors (Lipinski definition) is 1. The molecule has 2 aromatic rings. The van der Waals surface area contributed by atoms with Crippen molar-refractivity contribution in [1.29, 1.82) is 0 Å². The van der Waals surface area contributed by atoms with Crippen molar-refractivity contribution in [3.05, 3.63) is 42.5 Å². The molecular weight excluding hydrogens is 346 g/mol. The molecule has 1 fully saturated rings. The second-order valence-corrected chi connectivity index (χ2v) is 6.87. The molecule has 2 amide bonds. The van der Waals surface area contributed by atoms with E-state index < -0.39 is 5.92 Å². The van der Waals surface area contributed by atoms with Gasteiger partial charge in [-0.25, -0.2) is 0 Å². The first-order chi connectivity index (χ1) is 13.0. The van der Waals surface area contributed by atoms with Crippen LogP contribution in [0.25, 0.3) is 0 Å². The molecule has 0 saturated carbocycles. The molecule has 1 saturated heterocycles. The van der Waals surface area contributed by atoms with E-state index in [4.69, 9.17) is 9.47 Å². The van der Waals surface area contributed by atoms with Gasteiger partial charge in [-0.05, 0) is 36.4 Å². The zero-order chi connectivity index (χ0) is 19.0. The highest BCUT2D eigenvalue weighted by Crippen LogP contribution is 2.34. The van der Waals surface area contributed by atoms with Crippen molar-refractivity contribution < 1.29 is 19.1 Å². The van der Waals surface area contributed by atoms with Crippen molar-refractivity contribution in [1.82, 2.24) is 0 Å². The van der Waals surface area contributed by atoms with Crippen LogP contribution in [0.3, 0.4) is 0 Å². The maximum atomic E-state index is 12.6. The Morgan fingerprint density at radius 2 is 1.85 bits per heavy atom. The summed E-state index contributed by atoms with van der Waals surface area (Å²) in [6.07, 6.45) is 0.200. The highest BCUT2D eigenvalue weighted by atomic mass is 16.7. The van der Waals surface area contributed by atoms with E-state index in [-0.39, 0.29) is 25.0 Å². The molecule has 7 nitrogen and oxygen atoms in total. The summed E-state index contributed by atoms with van der Waals surface area (Å²) in [5.74, 6) is 0.666. The molecule has 140 valence electrons. The van der Waals surface area contributed by atoms with Gasteiger partial charge in [-0.3, -0.25) is 9.59 Å². The van der Waals surface area contributed by atoms with Gasteiger partial charge in [-0.1, -0.05) is 0 Å². The van der Waals surface area contributed by atoms with Crippen LogP contribution in [-0.4, -0.2) is 39.2 Å². The molecule has 2 aliphatic heterocycles. The maximum Gasteiger partial charge on any atom is 0.231 e. The molecule has 0 aromatic heterocycles. The van der Waals surface area contributed by atoms with Gasteiger partial charge in [-0.15, -0.1) is 0 Å². The van der Waals surface area contributed by atoms with Crippen LogP contribution in [0.5, 0.6) is 11.5 Å². The van der Waals surface area contributed by atoms with Gasteiger partial charge in [0.05, 0.1) is 5.92 Å². The van der Waals surface area contributed by atoms with Crippen molar-refractivity contribution in [3.63, 3.8) is 0 Å². The highest BCUT2D eigenvalue weighted by Gasteiger charge is 2.35. The Morgan fingerprint density at radius 3 is 2.59 bits per heavy atom. The lowest BCUT2D eigenvalue weighted by molar-refractivity contribution is -0.122.